The highest BCUT2D eigenvalue weighted by Gasteiger charge is 2.28. The van der Waals surface area contributed by atoms with E-state index in [0.29, 0.717) is 42.4 Å². The summed E-state index contributed by atoms with van der Waals surface area (Å²) in [6, 6.07) is 13.1. The van der Waals surface area contributed by atoms with Gasteiger partial charge in [0, 0.05) is 24.6 Å². The fraction of sp³-hybridized carbons (Fsp3) is 0.292. The molecule has 0 saturated carbocycles. The number of nitrogens with one attached hydrogen (secondary N) is 1. The number of fused-ring (bicyclic) bond motifs is 1. The predicted molar refractivity (Wildman–Crippen MR) is 122 cm³/mol. The summed E-state index contributed by atoms with van der Waals surface area (Å²) in [7, 11) is 1.56. The molecule has 0 bridgehead atoms. The van der Waals surface area contributed by atoms with Crippen LogP contribution in [0.25, 0.3) is 11.2 Å². The maximum atomic E-state index is 13.2. The van der Waals surface area contributed by atoms with Crippen molar-refractivity contribution >= 4 is 17.1 Å². The third-order valence-corrected chi connectivity index (χ3v) is 6.05. The lowest BCUT2D eigenvalue weighted by Gasteiger charge is -2.32. The van der Waals surface area contributed by atoms with Gasteiger partial charge in [0.2, 0.25) is 0 Å². The Labute approximate surface area is 194 Å². The van der Waals surface area contributed by atoms with Crippen LogP contribution in [-0.2, 0) is 6.54 Å². The number of hydrogen-bond acceptors (Lipinski definition) is 6. The fourth-order valence-electron chi connectivity index (χ4n) is 4.27. The number of aromatic amines is 1. The number of H-pyrrole nitrogens is 1. The van der Waals surface area contributed by atoms with Crippen molar-refractivity contribution < 1.29 is 13.9 Å². The molecule has 1 atom stereocenters. The molecule has 3 heterocycles. The molecule has 2 aromatic heterocycles. The first kappa shape index (κ1) is 21.7. The van der Waals surface area contributed by atoms with Crippen molar-refractivity contribution in [2.75, 3.05) is 20.2 Å². The smallest absolute Gasteiger partial charge is 0.281 e. The van der Waals surface area contributed by atoms with E-state index in [9.17, 15) is 14.0 Å². The number of nitrogens with zero attached hydrogens (tertiary/aromatic N) is 5. The lowest BCUT2D eigenvalue weighted by atomic mass is 9.96. The Bertz CT molecular complexity index is 1400. The molecule has 0 spiro atoms. The summed E-state index contributed by atoms with van der Waals surface area (Å²) >= 11 is 0. The summed E-state index contributed by atoms with van der Waals surface area (Å²) in [6.45, 7) is 1.37. The van der Waals surface area contributed by atoms with Crippen LogP contribution >= 0.6 is 0 Å². The van der Waals surface area contributed by atoms with Crippen molar-refractivity contribution in [1.82, 2.24) is 29.9 Å². The summed E-state index contributed by atoms with van der Waals surface area (Å²) in [4.78, 5) is 35.1. The molecule has 0 radical (unpaired) electrons. The van der Waals surface area contributed by atoms with E-state index in [1.807, 2.05) is 0 Å². The van der Waals surface area contributed by atoms with Crippen molar-refractivity contribution in [2.45, 2.75) is 25.3 Å². The van der Waals surface area contributed by atoms with Crippen LogP contribution < -0.4 is 10.3 Å². The van der Waals surface area contributed by atoms with E-state index in [1.54, 1.807) is 48.4 Å². The highest BCUT2D eigenvalue weighted by atomic mass is 19.1. The minimum Gasteiger partial charge on any atom is -0.497 e. The van der Waals surface area contributed by atoms with Gasteiger partial charge < -0.3 is 14.6 Å². The molecular formula is C24H23FN6O3. The first-order valence-corrected chi connectivity index (χ1v) is 11.0. The van der Waals surface area contributed by atoms with Gasteiger partial charge in [-0.15, -0.1) is 5.10 Å². The van der Waals surface area contributed by atoms with Crippen molar-refractivity contribution in [3.8, 4) is 5.75 Å². The second-order valence-electron chi connectivity index (χ2n) is 8.32. The molecule has 1 aliphatic heterocycles. The number of carbonyl (C=O) groups is 1. The van der Waals surface area contributed by atoms with E-state index >= 15 is 0 Å². The van der Waals surface area contributed by atoms with E-state index in [-0.39, 0.29) is 28.7 Å². The molecule has 2 aromatic carbocycles. The lowest BCUT2D eigenvalue weighted by molar-refractivity contribution is 0.0704. The number of carbonyl (C=O) groups excluding carboxylic acids is 1. The molecule has 9 nitrogen and oxygen atoms in total. The normalized spacial score (nSPS) is 16.1. The maximum Gasteiger partial charge on any atom is 0.281 e. The molecule has 1 amide bonds. The predicted octanol–water partition coefficient (Wildman–Crippen LogP) is 2.73. The summed E-state index contributed by atoms with van der Waals surface area (Å²) in [6.07, 6.45) is 1.57. The van der Waals surface area contributed by atoms with Crippen LogP contribution in [-0.4, -0.2) is 56.0 Å². The third-order valence-electron chi connectivity index (χ3n) is 6.05. The number of benzene rings is 2. The van der Waals surface area contributed by atoms with E-state index in [4.69, 9.17) is 4.74 Å². The molecule has 1 aliphatic rings. The van der Waals surface area contributed by atoms with Gasteiger partial charge in [-0.1, -0.05) is 23.4 Å². The standard InChI is InChI=1S/C24H23FN6O3/c1-34-19-6-2-4-16(12-19)24(33)30-11-3-5-17(14-30)21-26-22-20(23(32)27-21)28-29-31(22)13-15-7-9-18(25)10-8-15/h2,4,6-10,12,17H,3,5,11,13-14H2,1H3,(H,26,27,32)/t17-/m0/s1. The molecule has 1 fully saturated rings. The summed E-state index contributed by atoms with van der Waals surface area (Å²) in [5.41, 5.74) is 1.50. The van der Waals surface area contributed by atoms with Gasteiger partial charge in [0.15, 0.2) is 11.2 Å². The number of hydrogen-bond donors (Lipinski definition) is 1. The van der Waals surface area contributed by atoms with Gasteiger partial charge in [-0.2, -0.15) is 0 Å². The first-order valence-electron chi connectivity index (χ1n) is 11.0. The molecule has 1 N–H and O–H groups in total. The number of piperidine rings is 1. The highest BCUT2D eigenvalue weighted by Crippen LogP contribution is 2.26. The molecule has 0 aliphatic carbocycles. The zero-order chi connectivity index (χ0) is 23.7. The van der Waals surface area contributed by atoms with E-state index in [2.05, 4.69) is 20.3 Å². The molecule has 174 valence electrons. The summed E-state index contributed by atoms with van der Waals surface area (Å²) in [5.74, 6) is 0.583. The van der Waals surface area contributed by atoms with Gasteiger partial charge >= 0.3 is 0 Å². The minimum atomic E-state index is -0.374. The summed E-state index contributed by atoms with van der Waals surface area (Å²) < 4.78 is 20.0. The zero-order valence-electron chi connectivity index (χ0n) is 18.6. The molecular weight excluding hydrogens is 439 g/mol. The Morgan fingerprint density at radius 3 is 2.85 bits per heavy atom. The Kier molecular flexibility index (Phi) is 5.79. The van der Waals surface area contributed by atoms with Crippen molar-refractivity contribution in [3.63, 3.8) is 0 Å². The van der Waals surface area contributed by atoms with E-state index in [1.165, 1.54) is 16.8 Å². The average Bonchev–Trinajstić information content (AvgIpc) is 3.28. The Hall–Kier alpha value is -4.08. The number of amides is 1. The fourth-order valence-corrected chi connectivity index (χ4v) is 4.27. The Balaban J connectivity index is 1.41. The topological polar surface area (TPSA) is 106 Å². The number of halogens is 1. The Morgan fingerprint density at radius 2 is 2.06 bits per heavy atom. The first-order chi connectivity index (χ1) is 16.5. The van der Waals surface area contributed by atoms with Crippen LogP contribution in [0.2, 0.25) is 0 Å². The van der Waals surface area contributed by atoms with Gasteiger partial charge in [0.1, 0.15) is 17.4 Å². The van der Waals surface area contributed by atoms with Gasteiger partial charge in [-0.3, -0.25) is 9.59 Å². The summed E-state index contributed by atoms with van der Waals surface area (Å²) in [5, 5.41) is 8.05. The van der Waals surface area contributed by atoms with Crippen molar-refractivity contribution in [2.24, 2.45) is 0 Å². The molecule has 4 aromatic rings. The Morgan fingerprint density at radius 1 is 1.24 bits per heavy atom. The molecule has 1 saturated heterocycles. The van der Waals surface area contributed by atoms with E-state index in [0.717, 1.165) is 18.4 Å². The van der Waals surface area contributed by atoms with E-state index < -0.39 is 0 Å². The number of methoxy groups -OCH3 is 1. The quantitative estimate of drug-likeness (QED) is 0.489. The van der Waals surface area contributed by atoms with Gasteiger partial charge in [-0.05, 0) is 48.7 Å². The average molecular weight is 462 g/mol. The van der Waals surface area contributed by atoms with Crippen LogP contribution in [0, 0.1) is 5.82 Å². The van der Waals surface area contributed by atoms with Crippen molar-refractivity contribution in [3.05, 3.63) is 81.7 Å². The van der Waals surface area contributed by atoms with Crippen LogP contribution in [0.3, 0.4) is 0 Å². The van der Waals surface area contributed by atoms with Crippen LogP contribution in [0.5, 0.6) is 5.75 Å². The molecule has 34 heavy (non-hydrogen) atoms. The number of aromatic nitrogens is 5. The molecule has 10 heteroatoms. The van der Waals surface area contributed by atoms with Gasteiger partial charge in [0.05, 0.1) is 13.7 Å². The highest BCUT2D eigenvalue weighted by molar-refractivity contribution is 5.94. The van der Waals surface area contributed by atoms with Gasteiger partial charge in [-0.25, -0.2) is 14.1 Å². The van der Waals surface area contributed by atoms with Gasteiger partial charge in [0.25, 0.3) is 11.5 Å². The third kappa shape index (κ3) is 4.26. The second kappa shape index (κ2) is 9.05. The lowest BCUT2D eigenvalue weighted by Crippen LogP contribution is -2.40. The maximum absolute atomic E-state index is 13.2. The SMILES string of the molecule is COc1cccc(C(=O)N2CCC[C@H](c3nc4c(nnn4Cc4ccc(F)cc4)c(=O)[nH]3)C2)c1. The van der Waals surface area contributed by atoms with Crippen LogP contribution in [0.4, 0.5) is 4.39 Å². The largest absolute Gasteiger partial charge is 0.497 e. The molecule has 0 unspecified atom stereocenters. The number of ether oxygens (including phenoxy) is 1. The zero-order valence-corrected chi connectivity index (χ0v) is 18.6. The monoisotopic (exact) mass is 462 g/mol. The number of likely N-dealkylation sites (tertiary alicyclic amines) is 1. The second-order valence-corrected chi connectivity index (χ2v) is 8.32. The number of rotatable bonds is 5. The van der Waals surface area contributed by atoms with Crippen molar-refractivity contribution in [1.29, 1.82) is 0 Å². The van der Waals surface area contributed by atoms with Crippen LogP contribution in [0.15, 0.2) is 53.3 Å². The minimum absolute atomic E-state index is 0.0879. The van der Waals surface area contributed by atoms with Crippen LogP contribution in [0.1, 0.15) is 40.5 Å². The molecule has 5 rings (SSSR count).